The van der Waals surface area contributed by atoms with Crippen LogP contribution >= 0.6 is 0 Å². The minimum atomic E-state index is 0.289. The van der Waals surface area contributed by atoms with Gasteiger partial charge >= 0.3 is 0 Å². The standard InChI is InChI=1S/C21H25N3O/c25-21(11-13-23-12-10-18-6-4-5-9-20(18)23)24-16-14-22(15-17-24)19-7-2-1-3-8-19/h1-9H,10-17H2. The molecule has 2 aromatic carbocycles. The Kier molecular flexibility index (Phi) is 4.59. The average Bonchev–Trinajstić information content (AvgIpc) is 3.10. The van der Waals surface area contributed by atoms with Crippen molar-refractivity contribution in [1.29, 1.82) is 0 Å². The molecule has 4 heteroatoms. The van der Waals surface area contributed by atoms with Crippen molar-refractivity contribution in [3.8, 4) is 0 Å². The molecule has 0 aromatic heterocycles. The molecule has 0 spiro atoms. The number of anilines is 2. The van der Waals surface area contributed by atoms with E-state index in [0.717, 1.165) is 45.7 Å². The number of fused-ring (bicyclic) bond motifs is 1. The SMILES string of the molecule is O=C(CCN1CCc2ccccc21)N1CCN(c2ccccc2)CC1. The van der Waals surface area contributed by atoms with E-state index >= 15 is 0 Å². The molecule has 2 heterocycles. The lowest BCUT2D eigenvalue weighted by molar-refractivity contribution is -0.131. The summed E-state index contributed by atoms with van der Waals surface area (Å²) in [5.74, 6) is 0.289. The molecule has 0 N–H and O–H groups in total. The maximum Gasteiger partial charge on any atom is 0.224 e. The molecule has 25 heavy (non-hydrogen) atoms. The van der Waals surface area contributed by atoms with E-state index < -0.39 is 0 Å². The van der Waals surface area contributed by atoms with Gasteiger partial charge in [-0.05, 0) is 30.2 Å². The predicted octanol–water partition coefficient (Wildman–Crippen LogP) is 2.79. The van der Waals surface area contributed by atoms with E-state index in [2.05, 4.69) is 58.3 Å². The van der Waals surface area contributed by atoms with E-state index in [4.69, 9.17) is 0 Å². The maximum atomic E-state index is 12.6. The van der Waals surface area contributed by atoms with Gasteiger partial charge in [0.05, 0.1) is 0 Å². The van der Waals surface area contributed by atoms with Crippen molar-refractivity contribution in [3.05, 3.63) is 60.2 Å². The maximum absolute atomic E-state index is 12.6. The molecular weight excluding hydrogens is 310 g/mol. The number of benzene rings is 2. The molecule has 2 aliphatic rings. The number of para-hydroxylation sites is 2. The summed E-state index contributed by atoms with van der Waals surface area (Å²) in [6, 6.07) is 19.0. The Balaban J connectivity index is 1.27. The number of piperazine rings is 1. The van der Waals surface area contributed by atoms with Gasteiger partial charge in [0.1, 0.15) is 0 Å². The fourth-order valence-corrected chi connectivity index (χ4v) is 3.88. The van der Waals surface area contributed by atoms with Gasteiger partial charge in [-0.25, -0.2) is 0 Å². The second-order valence-corrected chi connectivity index (χ2v) is 6.82. The monoisotopic (exact) mass is 335 g/mol. The molecule has 0 saturated carbocycles. The molecule has 4 nitrogen and oxygen atoms in total. The first-order valence-corrected chi connectivity index (χ1v) is 9.22. The van der Waals surface area contributed by atoms with Gasteiger partial charge in [-0.3, -0.25) is 4.79 Å². The van der Waals surface area contributed by atoms with E-state index in [1.165, 1.54) is 16.9 Å². The molecule has 130 valence electrons. The highest BCUT2D eigenvalue weighted by Crippen LogP contribution is 2.27. The van der Waals surface area contributed by atoms with Crippen LogP contribution in [-0.4, -0.2) is 50.1 Å². The van der Waals surface area contributed by atoms with Crippen molar-refractivity contribution in [2.75, 3.05) is 49.1 Å². The molecule has 1 saturated heterocycles. The zero-order valence-electron chi connectivity index (χ0n) is 14.6. The zero-order chi connectivity index (χ0) is 17.1. The minimum absolute atomic E-state index is 0.289. The fraction of sp³-hybridized carbons (Fsp3) is 0.381. The molecule has 0 atom stereocenters. The first kappa shape index (κ1) is 16.0. The lowest BCUT2D eigenvalue weighted by Gasteiger charge is -2.36. The lowest BCUT2D eigenvalue weighted by atomic mass is 10.2. The molecule has 4 rings (SSSR count). The number of rotatable bonds is 4. The topological polar surface area (TPSA) is 26.8 Å². The van der Waals surface area contributed by atoms with Gasteiger partial charge < -0.3 is 14.7 Å². The number of hydrogen-bond donors (Lipinski definition) is 0. The van der Waals surface area contributed by atoms with Crippen LogP contribution in [0.4, 0.5) is 11.4 Å². The quantitative estimate of drug-likeness (QED) is 0.860. The summed E-state index contributed by atoms with van der Waals surface area (Å²) in [6.07, 6.45) is 1.71. The first-order chi connectivity index (χ1) is 12.3. The molecule has 0 unspecified atom stereocenters. The van der Waals surface area contributed by atoms with Crippen LogP contribution in [0.1, 0.15) is 12.0 Å². The minimum Gasteiger partial charge on any atom is -0.370 e. The molecule has 0 aliphatic carbocycles. The third-order valence-electron chi connectivity index (χ3n) is 5.33. The molecule has 0 radical (unpaired) electrons. The predicted molar refractivity (Wildman–Crippen MR) is 102 cm³/mol. The Morgan fingerprint density at radius 1 is 0.840 bits per heavy atom. The van der Waals surface area contributed by atoms with Crippen LogP contribution < -0.4 is 9.80 Å². The van der Waals surface area contributed by atoms with Crippen molar-refractivity contribution in [2.45, 2.75) is 12.8 Å². The highest BCUT2D eigenvalue weighted by molar-refractivity contribution is 5.77. The van der Waals surface area contributed by atoms with Gasteiger partial charge in [-0.15, -0.1) is 0 Å². The molecular formula is C21H25N3O. The fourth-order valence-electron chi connectivity index (χ4n) is 3.88. The van der Waals surface area contributed by atoms with E-state index in [0.29, 0.717) is 6.42 Å². The highest BCUT2D eigenvalue weighted by Gasteiger charge is 2.23. The molecule has 0 bridgehead atoms. The lowest BCUT2D eigenvalue weighted by Crippen LogP contribution is -2.49. The van der Waals surface area contributed by atoms with Crippen LogP contribution in [0.2, 0.25) is 0 Å². The van der Waals surface area contributed by atoms with Crippen molar-refractivity contribution >= 4 is 17.3 Å². The summed E-state index contributed by atoms with van der Waals surface area (Å²) in [7, 11) is 0. The summed E-state index contributed by atoms with van der Waals surface area (Å²) in [4.78, 5) is 19.3. The highest BCUT2D eigenvalue weighted by atomic mass is 16.2. The number of amides is 1. The van der Waals surface area contributed by atoms with Crippen molar-refractivity contribution in [1.82, 2.24) is 4.90 Å². The van der Waals surface area contributed by atoms with Crippen molar-refractivity contribution in [3.63, 3.8) is 0 Å². The Hall–Kier alpha value is -2.49. The molecule has 1 fully saturated rings. The third-order valence-corrected chi connectivity index (χ3v) is 5.33. The summed E-state index contributed by atoms with van der Waals surface area (Å²) in [5.41, 5.74) is 3.97. The van der Waals surface area contributed by atoms with Gasteiger partial charge in [0, 0.05) is 57.1 Å². The Morgan fingerprint density at radius 3 is 2.36 bits per heavy atom. The summed E-state index contributed by atoms with van der Waals surface area (Å²) in [5, 5.41) is 0. The smallest absolute Gasteiger partial charge is 0.224 e. The largest absolute Gasteiger partial charge is 0.370 e. The van der Waals surface area contributed by atoms with E-state index in [-0.39, 0.29) is 5.91 Å². The molecule has 2 aliphatic heterocycles. The van der Waals surface area contributed by atoms with Crippen molar-refractivity contribution in [2.24, 2.45) is 0 Å². The van der Waals surface area contributed by atoms with Crippen LogP contribution in [0.15, 0.2) is 54.6 Å². The Morgan fingerprint density at radius 2 is 1.56 bits per heavy atom. The number of carbonyl (C=O) groups excluding carboxylic acids is 1. The number of hydrogen-bond acceptors (Lipinski definition) is 3. The molecule has 1 amide bonds. The molecule has 2 aromatic rings. The van der Waals surface area contributed by atoms with Crippen LogP contribution in [0.3, 0.4) is 0 Å². The number of nitrogens with zero attached hydrogens (tertiary/aromatic N) is 3. The summed E-state index contributed by atoms with van der Waals surface area (Å²) >= 11 is 0. The Bertz CT molecular complexity index is 723. The third kappa shape index (κ3) is 3.48. The van der Waals surface area contributed by atoms with Gasteiger partial charge in [0.2, 0.25) is 5.91 Å². The second kappa shape index (κ2) is 7.18. The zero-order valence-corrected chi connectivity index (χ0v) is 14.6. The summed E-state index contributed by atoms with van der Waals surface area (Å²) in [6.45, 7) is 5.35. The van der Waals surface area contributed by atoms with Gasteiger partial charge in [-0.2, -0.15) is 0 Å². The Labute approximate surface area is 149 Å². The van der Waals surface area contributed by atoms with Crippen LogP contribution in [0.25, 0.3) is 0 Å². The van der Waals surface area contributed by atoms with Crippen LogP contribution in [0, 0.1) is 0 Å². The average molecular weight is 335 g/mol. The van der Waals surface area contributed by atoms with Gasteiger partial charge in [0.25, 0.3) is 0 Å². The van der Waals surface area contributed by atoms with Crippen LogP contribution in [-0.2, 0) is 11.2 Å². The van der Waals surface area contributed by atoms with E-state index in [1.807, 2.05) is 11.0 Å². The van der Waals surface area contributed by atoms with Crippen molar-refractivity contribution < 1.29 is 4.79 Å². The van der Waals surface area contributed by atoms with Gasteiger partial charge in [0.15, 0.2) is 0 Å². The number of carbonyl (C=O) groups is 1. The first-order valence-electron chi connectivity index (χ1n) is 9.22. The van der Waals surface area contributed by atoms with E-state index in [9.17, 15) is 4.79 Å². The second-order valence-electron chi connectivity index (χ2n) is 6.82. The van der Waals surface area contributed by atoms with Gasteiger partial charge in [-0.1, -0.05) is 36.4 Å². The normalized spacial score (nSPS) is 16.9. The van der Waals surface area contributed by atoms with E-state index in [1.54, 1.807) is 0 Å². The summed E-state index contributed by atoms with van der Waals surface area (Å²) < 4.78 is 0. The van der Waals surface area contributed by atoms with Crippen LogP contribution in [0.5, 0.6) is 0 Å².